The number of tetrazole rings is 1. The van der Waals surface area contributed by atoms with Crippen LogP contribution in [0.2, 0.25) is 0 Å². The summed E-state index contributed by atoms with van der Waals surface area (Å²) in [6, 6.07) is 6.71. The zero-order chi connectivity index (χ0) is 18.7. The maximum Gasteiger partial charge on any atom is 0.306 e. The minimum atomic E-state index is -0.820. The molecule has 1 aliphatic carbocycles. The van der Waals surface area contributed by atoms with Gasteiger partial charge >= 0.3 is 5.97 Å². The van der Waals surface area contributed by atoms with E-state index in [2.05, 4.69) is 20.8 Å². The highest BCUT2D eigenvalue weighted by molar-refractivity contribution is 5.81. The Bertz CT molecular complexity index is 800. The van der Waals surface area contributed by atoms with Gasteiger partial charge in [0, 0.05) is 12.5 Å². The van der Waals surface area contributed by atoms with Gasteiger partial charge in [-0.3, -0.25) is 9.59 Å². The van der Waals surface area contributed by atoms with Crippen LogP contribution in [-0.4, -0.2) is 50.3 Å². The molecule has 0 bridgehead atoms. The number of carbonyl (C=O) groups excluding carboxylic acids is 1. The second kappa shape index (κ2) is 7.51. The zero-order valence-corrected chi connectivity index (χ0v) is 14.6. The molecule has 1 aromatic heterocycles. The first-order valence-electron chi connectivity index (χ1n) is 8.38. The third-order valence-electron chi connectivity index (χ3n) is 4.65. The molecule has 1 atom stereocenters. The van der Waals surface area contributed by atoms with Crippen LogP contribution in [0.15, 0.2) is 24.3 Å². The maximum atomic E-state index is 12.8. The highest BCUT2D eigenvalue weighted by Crippen LogP contribution is 2.28. The number of benzene rings is 1. The number of hydrogen-bond acceptors (Lipinski definition) is 6. The van der Waals surface area contributed by atoms with Crippen LogP contribution in [0.25, 0.3) is 0 Å². The largest absolute Gasteiger partial charge is 0.497 e. The molecule has 1 aliphatic rings. The Morgan fingerprint density at radius 3 is 2.81 bits per heavy atom. The summed E-state index contributed by atoms with van der Waals surface area (Å²) in [5.74, 6) is -0.188. The fourth-order valence-electron chi connectivity index (χ4n) is 3.07. The van der Waals surface area contributed by atoms with Gasteiger partial charge in [0.25, 0.3) is 0 Å². The van der Waals surface area contributed by atoms with Crippen LogP contribution in [-0.2, 0) is 16.0 Å². The van der Waals surface area contributed by atoms with E-state index in [-0.39, 0.29) is 17.9 Å². The minimum Gasteiger partial charge on any atom is -0.497 e. The smallest absolute Gasteiger partial charge is 0.306 e. The molecule has 3 rings (SSSR count). The highest BCUT2D eigenvalue weighted by atomic mass is 16.5. The van der Waals surface area contributed by atoms with Crippen molar-refractivity contribution in [3.05, 3.63) is 35.7 Å². The number of carboxylic acid groups (broad SMARTS) is 1. The van der Waals surface area contributed by atoms with E-state index < -0.39 is 12.0 Å². The summed E-state index contributed by atoms with van der Waals surface area (Å²) in [5, 5.41) is 23.3. The van der Waals surface area contributed by atoms with Gasteiger partial charge in [0.15, 0.2) is 0 Å². The van der Waals surface area contributed by atoms with Crippen molar-refractivity contribution < 1.29 is 19.4 Å². The SMILES string of the molecule is COc1cccc(CC(C(=O)NC2CC(C(=O)O)C2)n2nnnc2C)c1. The normalized spacial score (nSPS) is 20.1. The lowest BCUT2D eigenvalue weighted by atomic mass is 9.80. The molecule has 138 valence electrons. The van der Waals surface area contributed by atoms with Crippen molar-refractivity contribution in [2.75, 3.05) is 7.11 Å². The number of amides is 1. The van der Waals surface area contributed by atoms with Crippen molar-refractivity contribution in [3.63, 3.8) is 0 Å². The summed E-state index contributed by atoms with van der Waals surface area (Å²) in [7, 11) is 1.59. The number of aryl methyl sites for hydroxylation is 1. The number of nitrogens with one attached hydrogen (secondary N) is 1. The van der Waals surface area contributed by atoms with Crippen LogP contribution >= 0.6 is 0 Å². The number of carbonyl (C=O) groups is 2. The van der Waals surface area contributed by atoms with Crippen molar-refractivity contribution in [3.8, 4) is 5.75 Å². The number of carboxylic acids is 1. The molecular weight excluding hydrogens is 338 g/mol. The average molecular weight is 359 g/mol. The number of aliphatic carboxylic acids is 1. The second-order valence-corrected chi connectivity index (χ2v) is 6.45. The number of ether oxygens (including phenoxy) is 1. The van der Waals surface area contributed by atoms with E-state index in [0.29, 0.717) is 30.8 Å². The van der Waals surface area contributed by atoms with Crippen LogP contribution < -0.4 is 10.1 Å². The number of nitrogens with zero attached hydrogens (tertiary/aromatic N) is 4. The first-order valence-corrected chi connectivity index (χ1v) is 8.38. The molecule has 1 fully saturated rings. The van der Waals surface area contributed by atoms with E-state index in [1.165, 1.54) is 4.68 Å². The van der Waals surface area contributed by atoms with Crippen LogP contribution in [0.4, 0.5) is 0 Å². The molecule has 0 radical (unpaired) electrons. The molecule has 1 saturated carbocycles. The Morgan fingerprint density at radius 1 is 1.42 bits per heavy atom. The van der Waals surface area contributed by atoms with Crippen molar-refractivity contribution >= 4 is 11.9 Å². The van der Waals surface area contributed by atoms with Gasteiger partial charge < -0.3 is 15.2 Å². The fraction of sp³-hybridized carbons (Fsp3) is 0.471. The lowest BCUT2D eigenvalue weighted by Gasteiger charge is -2.34. The molecule has 26 heavy (non-hydrogen) atoms. The number of methoxy groups -OCH3 is 1. The van der Waals surface area contributed by atoms with Gasteiger partial charge in [-0.2, -0.15) is 0 Å². The summed E-state index contributed by atoms with van der Waals surface area (Å²) in [4.78, 5) is 23.8. The van der Waals surface area contributed by atoms with E-state index in [1.54, 1.807) is 14.0 Å². The van der Waals surface area contributed by atoms with E-state index in [4.69, 9.17) is 9.84 Å². The molecular formula is C17H21N5O4. The monoisotopic (exact) mass is 359 g/mol. The molecule has 2 aromatic rings. The lowest BCUT2D eigenvalue weighted by Crippen LogP contribution is -2.49. The summed E-state index contributed by atoms with van der Waals surface area (Å²) in [5.41, 5.74) is 0.913. The molecule has 1 heterocycles. The highest BCUT2D eigenvalue weighted by Gasteiger charge is 2.37. The van der Waals surface area contributed by atoms with Crippen LogP contribution in [0.3, 0.4) is 0 Å². The quantitative estimate of drug-likeness (QED) is 0.749. The van der Waals surface area contributed by atoms with E-state index in [1.807, 2.05) is 24.3 Å². The Morgan fingerprint density at radius 2 is 2.19 bits per heavy atom. The lowest BCUT2D eigenvalue weighted by molar-refractivity contribution is -0.146. The van der Waals surface area contributed by atoms with Gasteiger partial charge in [-0.1, -0.05) is 12.1 Å². The Labute approximate surface area is 150 Å². The van der Waals surface area contributed by atoms with E-state index in [0.717, 1.165) is 5.56 Å². The van der Waals surface area contributed by atoms with Gasteiger partial charge in [0.2, 0.25) is 5.91 Å². The van der Waals surface area contributed by atoms with Crippen molar-refractivity contribution in [2.24, 2.45) is 5.92 Å². The topological polar surface area (TPSA) is 119 Å². The standard InChI is InChI=1S/C17H21N5O4/c1-10-19-20-21-22(10)15(7-11-4-3-5-14(6-11)26-2)16(23)18-13-8-12(9-13)17(24)25/h3-6,12-13,15H,7-9H2,1-2H3,(H,18,23)(H,24,25). The van der Waals surface area contributed by atoms with Gasteiger partial charge in [0.1, 0.15) is 17.6 Å². The molecule has 2 N–H and O–H groups in total. The summed E-state index contributed by atoms with van der Waals surface area (Å²) < 4.78 is 6.72. The van der Waals surface area contributed by atoms with Gasteiger partial charge in [-0.15, -0.1) is 5.10 Å². The average Bonchev–Trinajstić information content (AvgIpc) is 3.01. The Kier molecular flexibility index (Phi) is 5.15. The van der Waals surface area contributed by atoms with Gasteiger partial charge in [-0.05, 0) is 47.9 Å². The van der Waals surface area contributed by atoms with Crippen LogP contribution in [0.5, 0.6) is 5.75 Å². The van der Waals surface area contributed by atoms with E-state index >= 15 is 0 Å². The predicted octanol–water partition coefficient (Wildman–Crippen LogP) is 0.753. The minimum absolute atomic E-state index is 0.131. The summed E-state index contributed by atoms with van der Waals surface area (Å²) in [6.07, 6.45) is 1.28. The van der Waals surface area contributed by atoms with Gasteiger partial charge in [-0.25, -0.2) is 4.68 Å². The first-order chi connectivity index (χ1) is 12.5. The third kappa shape index (κ3) is 3.81. The van der Waals surface area contributed by atoms with Crippen molar-refractivity contribution in [1.82, 2.24) is 25.5 Å². The summed E-state index contributed by atoms with van der Waals surface area (Å²) in [6.45, 7) is 1.73. The van der Waals surface area contributed by atoms with Crippen molar-refractivity contribution in [2.45, 2.75) is 38.3 Å². The molecule has 1 amide bonds. The molecule has 0 saturated heterocycles. The van der Waals surface area contributed by atoms with Gasteiger partial charge in [0.05, 0.1) is 13.0 Å². The van der Waals surface area contributed by atoms with E-state index in [9.17, 15) is 9.59 Å². The second-order valence-electron chi connectivity index (χ2n) is 6.45. The Balaban J connectivity index is 1.74. The molecule has 9 heteroatoms. The molecule has 1 unspecified atom stereocenters. The number of rotatable bonds is 7. The Hall–Kier alpha value is -2.97. The molecule has 0 spiro atoms. The molecule has 1 aromatic carbocycles. The van der Waals surface area contributed by atoms with Crippen molar-refractivity contribution in [1.29, 1.82) is 0 Å². The fourth-order valence-corrected chi connectivity index (χ4v) is 3.07. The molecule has 9 nitrogen and oxygen atoms in total. The third-order valence-corrected chi connectivity index (χ3v) is 4.65. The van der Waals surface area contributed by atoms with Crippen LogP contribution in [0.1, 0.15) is 30.3 Å². The zero-order valence-electron chi connectivity index (χ0n) is 14.6. The predicted molar refractivity (Wildman–Crippen MR) is 90.6 cm³/mol. The molecule has 0 aliphatic heterocycles. The summed E-state index contributed by atoms with van der Waals surface area (Å²) >= 11 is 0. The van der Waals surface area contributed by atoms with Crippen LogP contribution in [0, 0.1) is 12.8 Å². The maximum absolute atomic E-state index is 12.8. The number of hydrogen-bond donors (Lipinski definition) is 2. The number of aromatic nitrogens is 4. The first kappa shape index (κ1) is 17.8.